The van der Waals surface area contributed by atoms with Gasteiger partial charge in [0.05, 0.1) is 11.2 Å². The molecule has 0 spiro atoms. The van der Waals surface area contributed by atoms with Crippen molar-refractivity contribution in [3.8, 4) is 0 Å². The minimum Gasteiger partial charge on any atom is -0.398 e. The van der Waals surface area contributed by atoms with E-state index < -0.39 is 0 Å². The van der Waals surface area contributed by atoms with Crippen molar-refractivity contribution in [1.82, 2.24) is 5.43 Å². The Labute approximate surface area is 71.9 Å². The molecule has 1 aromatic carbocycles. The van der Waals surface area contributed by atoms with Crippen LogP contribution in [0, 0.1) is 0 Å². The maximum Gasteiger partial charge on any atom is 0.0604 e. The summed E-state index contributed by atoms with van der Waals surface area (Å²) in [6.07, 6.45) is 0. The number of nitrogens with two attached hydrogens (primary N) is 1. The van der Waals surface area contributed by atoms with Crippen molar-refractivity contribution in [2.24, 2.45) is 0 Å². The maximum atomic E-state index is 5.87. The Bertz CT molecular complexity index is 318. The molecule has 0 saturated heterocycles. The molecule has 3 nitrogen and oxygen atoms in total. The molecule has 0 aliphatic carbocycles. The van der Waals surface area contributed by atoms with E-state index >= 15 is 0 Å². The van der Waals surface area contributed by atoms with Crippen LogP contribution in [-0.2, 0) is 5.54 Å². The molecule has 1 aliphatic heterocycles. The Hall–Kier alpha value is -1.22. The molecular weight excluding hydrogens is 150 g/mol. The molecule has 4 N–H and O–H groups in total. The van der Waals surface area contributed by atoms with Crippen LogP contribution >= 0.6 is 0 Å². The van der Waals surface area contributed by atoms with Gasteiger partial charge in [-0.05, 0) is 26.0 Å². The number of rotatable bonds is 0. The first-order valence-corrected chi connectivity index (χ1v) is 4.03. The number of nitrogens with one attached hydrogen (secondary N) is 2. The summed E-state index contributed by atoms with van der Waals surface area (Å²) in [5, 5.41) is 0. The molecule has 1 aliphatic rings. The Morgan fingerprint density at radius 3 is 2.75 bits per heavy atom. The Morgan fingerprint density at radius 1 is 1.33 bits per heavy atom. The summed E-state index contributed by atoms with van der Waals surface area (Å²) in [4.78, 5) is 0. The van der Waals surface area contributed by atoms with Crippen LogP contribution in [0.4, 0.5) is 11.4 Å². The lowest BCUT2D eigenvalue weighted by atomic mass is 9.94. The molecule has 12 heavy (non-hydrogen) atoms. The van der Waals surface area contributed by atoms with Crippen LogP contribution in [0.2, 0.25) is 0 Å². The lowest BCUT2D eigenvalue weighted by Crippen LogP contribution is -2.33. The van der Waals surface area contributed by atoms with Gasteiger partial charge in [0, 0.05) is 11.3 Å². The van der Waals surface area contributed by atoms with E-state index in [1.165, 1.54) is 0 Å². The molecular formula is C9H13N3. The highest BCUT2D eigenvalue weighted by molar-refractivity contribution is 5.68. The summed E-state index contributed by atoms with van der Waals surface area (Å²) < 4.78 is 0. The van der Waals surface area contributed by atoms with E-state index in [1.54, 1.807) is 0 Å². The van der Waals surface area contributed by atoms with E-state index in [-0.39, 0.29) is 5.54 Å². The third kappa shape index (κ3) is 0.865. The predicted octanol–water partition coefficient (Wildman–Crippen LogP) is 1.43. The summed E-state index contributed by atoms with van der Waals surface area (Å²) in [5.74, 6) is 0. The summed E-state index contributed by atoms with van der Waals surface area (Å²) in [5.41, 5.74) is 15.2. The van der Waals surface area contributed by atoms with Crippen molar-refractivity contribution in [1.29, 1.82) is 0 Å². The van der Waals surface area contributed by atoms with Crippen molar-refractivity contribution in [3.63, 3.8) is 0 Å². The highest BCUT2D eigenvalue weighted by Gasteiger charge is 2.30. The fourth-order valence-corrected chi connectivity index (χ4v) is 1.66. The van der Waals surface area contributed by atoms with Crippen molar-refractivity contribution in [2.75, 3.05) is 11.2 Å². The van der Waals surface area contributed by atoms with Gasteiger partial charge in [-0.2, -0.15) is 0 Å². The molecule has 0 atom stereocenters. The van der Waals surface area contributed by atoms with Crippen LogP contribution in [0.3, 0.4) is 0 Å². The summed E-state index contributed by atoms with van der Waals surface area (Å²) in [7, 11) is 0. The first kappa shape index (κ1) is 7.43. The lowest BCUT2D eigenvalue weighted by molar-refractivity contribution is 0.472. The molecule has 0 saturated carbocycles. The number of benzene rings is 1. The smallest absolute Gasteiger partial charge is 0.0604 e. The standard InChI is InChI=1S/C9H13N3/c1-9(2)8-6(10)4-3-5-7(8)11-12-9/h3-5,11-12H,10H2,1-2H3. The van der Waals surface area contributed by atoms with E-state index in [1.807, 2.05) is 18.2 Å². The quantitative estimate of drug-likeness (QED) is 0.507. The molecule has 0 unspecified atom stereocenters. The third-order valence-corrected chi connectivity index (χ3v) is 2.23. The summed E-state index contributed by atoms with van der Waals surface area (Å²) >= 11 is 0. The van der Waals surface area contributed by atoms with Gasteiger partial charge in [-0.25, -0.2) is 5.43 Å². The zero-order chi connectivity index (χ0) is 8.77. The van der Waals surface area contributed by atoms with Gasteiger partial charge in [-0.1, -0.05) is 6.07 Å². The topological polar surface area (TPSA) is 50.1 Å². The van der Waals surface area contributed by atoms with Gasteiger partial charge in [0.25, 0.3) is 0 Å². The second-order valence-electron chi connectivity index (χ2n) is 3.64. The summed E-state index contributed by atoms with van der Waals surface area (Å²) in [6, 6.07) is 5.90. The zero-order valence-corrected chi connectivity index (χ0v) is 7.31. The number of anilines is 2. The van der Waals surface area contributed by atoms with E-state index in [0.717, 1.165) is 16.9 Å². The van der Waals surface area contributed by atoms with Crippen LogP contribution in [0.25, 0.3) is 0 Å². The highest BCUT2D eigenvalue weighted by Crippen LogP contribution is 2.36. The first-order valence-electron chi connectivity index (χ1n) is 4.03. The van der Waals surface area contributed by atoms with Crippen molar-refractivity contribution >= 4 is 11.4 Å². The fraction of sp³-hybridized carbons (Fsp3) is 0.333. The van der Waals surface area contributed by atoms with Crippen molar-refractivity contribution < 1.29 is 0 Å². The number of hydrazine groups is 1. The van der Waals surface area contributed by atoms with Crippen LogP contribution in [0.1, 0.15) is 19.4 Å². The molecule has 0 bridgehead atoms. The average molecular weight is 163 g/mol. The van der Waals surface area contributed by atoms with Gasteiger partial charge in [0.1, 0.15) is 0 Å². The normalized spacial score (nSPS) is 18.5. The second kappa shape index (κ2) is 2.14. The van der Waals surface area contributed by atoms with E-state index in [4.69, 9.17) is 5.73 Å². The van der Waals surface area contributed by atoms with Gasteiger partial charge in [0.15, 0.2) is 0 Å². The first-order chi connectivity index (χ1) is 5.61. The van der Waals surface area contributed by atoms with Gasteiger partial charge in [-0.3, -0.25) is 0 Å². The van der Waals surface area contributed by atoms with Crippen LogP contribution in [-0.4, -0.2) is 0 Å². The molecule has 3 heteroatoms. The lowest BCUT2D eigenvalue weighted by Gasteiger charge is -2.19. The molecule has 0 amide bonds. The van der Waals surface area contributed by atoms with Crippen molar-refractivity contribution in [2.45, 2.75) is 19.4 Å². The van der Waals surface area contributed by atoms with Crippen LogP contribution in [0.5, 0.6) is 0 Å². The second-order valence-corrected chi connectivity index (χ2v) is 3.64. The fourth-order valence-electron chi connectivity index (χ4n) is 1.66. The SMILES string of the molecule is CC1(C)NNc2cccc(N)c21. The Kier molecular flexibility index (Phi) is 1.32. The molecule has 0 radical (unpaired) electrons. The van der Waals surface area contributed by atoms with Gasteiger partial charge in [-0.15, -0.1) is 0 Å². The van der Waals surface area contributed by atoms with Gasteiger partial charge >= 0.3 is 0 Å². The highest BCUT2D eigenvalue weighted by atomic mass is 15.4. The minimum absolute atomic E-state index is 0.0688. The molecule has 1 heterocycles. The Morgan fingerprint density at radius 2 is 2.08 bits per heavy atom. The maximum absolute atomic E-state index is 5.87. The molecule has 1 aromatic rings. The molecule has 64 valence electrons. The van der Waals surface area contributed by atoms with Gasteiger partial charge in [0.2, 0.25) is 0 Å². The van der Waals surface area contributed by atoms with Crippen LogP contribution < -0.4 is 16.6 Å². The van der Waals surface area contributed by atoms with E-state index in [2.05, 4.69) is 24.7 Å². The average Bonchev–Trinajstić information content (AvgIpc) is 2.29. The van der Waals surface area contributed by atoms with Crippen molar-refractivity contribution in [3.05, 3.63) is 23.8 Å². The zero-order valence-electron chi connectivity index (χ0n) is 7.31. The molecule has 0 fully saturated rings. The minimum atomic E-state index is -0.0688. The molecule has 0 aromatic heterocycles. The Balaban J connectivity index is 2.64. The van der Waals surface area contributed by atoms with E-state index in [9.17, 15) is 0 Å². The number of hydrogen-bond donors (Lipinski definition) is 3. The largest absolute Gasteiger partial charge is 0.398 e. The van der Waals surface area contributed by atoms with E-state index in [0.29, 0.717) is 0 Å². The number of nitrogen functional groups attached to an aromatic ring is 1. The summed E-state index contributed by atoms with van der Waals surface area (Å²) in [6.45, 7) is 4.20. The van der Waals surface area contributed by atoms with Crippen LogP contribution in [0.15, 0.2) is 18.2 Å². The monoisotopic (exact) mass is 163 g/mol. The third-order valence-electron chi connectivity index (χ3n) is 2.23. The van der Waals surface area contributed by atoms with Gasteiger partial charge < -0.3 is 11.2 Å². The molecule has 2 rings (SSSR count). The predicted molar refractivity (Wildman–Crippen MR) is 50.6 cm³/mol. The number of fused-ring (bicyclic) bond motifs is 1. The number of hydrogen-bond acceptors (Lipinski definition) is 3.